The summed E-state index contributed by atoms with van der Waals surface area (Å²) in [5.74, 6) is 2.03. The number of ether oxygens (including phenoxy) is 2. The van der Waals surface area contributed by atoms with Crippen molar-refractivity contribution in [1.29, 1.82) is 0 Å². The first-order chi connectivity index (χ1) is 11.2. The van der Waals surface area contributed by atoms with Crippen LogP contribution in [0.2, 0.25) is 0 Å². The highest BCUT2D eigenvalue weighted by atomic mass is 16.7. The van der Waals surface area contributed by atoms with E-state index < -0.39 is 0 Å². The molecular formula is C17H19N3O3. The van der Waals surface area contributed by atoms with Crippen molar-refractivity contribution in [2.24, 2.45) is 0 Å². The standard InChI is InChI=1S/C17H19N3O3/c1-2-3-4-17(21)20-16-8-6-13(10-18-16)19-12-5-7-14-15(9-12)23-11-22-14/h5-10,19H,2-4,11H2,1H3,(H,18,20,21). The molecule has 0 aliphatic carbocycles. The van der Waals surface area contributed by atoms with Gasteiger partial charge in [0.1, 0.15) is 5.82 Å². The van der Waals surface area contributed by atoms with Crippen molar-refractivity contribution in [1.82, 2.24) is 4.98 Å². The lowest BCUT2D eigenvalue weighted by Gasteiger charge is -2.08. The number of nitrogens with one attached hydrogen (secondary N) is 2. The van der Waals surface area contributed by atoms with Crippen LogP contribution in [0.5, 0.6) is 11.5 Å². The van der Waals surface area contributed by atoms with E-state index in [0.29, 0.717) is 12.2 Å². The molecule has 1 aliphatic heterocycles. The Morgan fingerprint density at radius 1 is 1.17 bits per heavy atom. The molecule has 0 saturated heterocycles. The Bertz CT molecular complexity index is 686. The molecule has 2 heterocycles. The van der Waals surface area contributed by atoms with E-state index in [1.165, 1.54) is 0 Å². The Morgan fingerprint density at radius 3 is 2.78 bits per heavy atom. The molecule has 1 aromatic heterocycles. The number of carbonyl (C=O) groups excluding carboxylic acids is 1. The number of benzene rings is 1. The lowest BCUT2D eigenvalue weighted by atomic mass is 10.2. The maximum Gasteiger partial charge on any atom is 0.231 e. The molecule has 120 valence electrons. The number of amides is 1. The van der Waals surface area contributed by atoms with Crippen LogP contribution < -0.4 is 20.1 Å². The van der Waals surface area contributed by atoms with E-state index in [1.807, 2.05) is 24.3 Å². The van der Waals surface area contributed by atoms with Gasteiger partial charge in [-0.05, 0) is 30.7 Å². The number of hydrogen-bond donors (Lipinski definition) is 2. The van der Waals surface area contributed by atoms with Gasteiger partial charge < -0.3 is 20.1 Å². The summed E-state index contributed by atoms with van der Waals surface area (Å²) >= 11 is 0. The first kappa shape index (κ1) is 15.1. The predicted octanol–water partition coefficient (Wildman–Crippen LogP) is 3.68. The Hall–Kier alpha value is -2.76. The third kappa shape index (κ3) is 3.91. The summed E-state index contributed by atoms with van der Waals surface area (Å²) in [6.45, 7) is 2.31. The molecule has 0 spiro atoms. The van der Waals surface area contributed by atoms with Crippen molar-refractivity contribution >= 4 is 23.1 Å². The Labute approximate surface area is 134 Å². The highest BCUT2D eigenvalue weighted by Gasteiger charge is 2.13. The molecule has 1 amide bonds. The van der Waals surface area contributed by atoms with Crippen LogP contribution in [0.15, 0.2) is 36.5 Å². The van der Waals surface area contributed by atoms with Gasteiger partial charge >= 0.3 is 0 Å². The molecule has 0 fully saturated rings. The number of pyridine rings is 1. The first-order valence-corrected chi connectivity index (χ1v) is 7.67. The van der Waals surface area contributed by atoms with Crippen LogP contribution >= 0.6 is 0 Å². The maximum atomic E-state index is 11.7. The van der Waals surface area contributed by atoms with Gasteiger partial charge in [-0.1, -0.05) is 13.3 Å². The van der Waals surface area contributed by atoms with Gasteiger partial charge in [-0.15, -0.1) is 0 Å². The summed E-state index contributed by atoms with van der Waals surface area (Å²) in [4.78, 5) is 15.9. The molecule has 1 aliphatic rings. The normalized spacial score (nSPS) is 12.0. The highest BCUT2D eigenvalue weighted by Crippen LogP contribution is 2.35. The second-order valence-electron chi connectivity index (χ2n) is 5.28. The fourth-order valence-corrected chi connectivity index (χ4v) is 2.23. The zero-order valence-corrected chi connectivity index (χ0v) is 13.0. The zero-order valence-electron chi connectivity index (χ0n) is 13.0. The molecule has 1 aromatic carbocycles. The van der Waals surface area contributed by atoms with E-state index in [9.17, 15) is 4.79 Å². The molecular weight excluding hydrogens is 294 g/mol. The van der Waals surface area contributed by atoms with Crippen LogP contribution in [-0.2, 0) is 4.79 Å². The molecule has 3 rings (SSSR count). The van der Waals surface area contributed by atoms with Crippen LogP contribution in [0.3, 0.4) is 0 Å². The number of nitrogens with zero attached hydrogens (tertiary/aromatic N) is 1. The fourth-order valence-electron chi connectivity index (χ4n) is 2.23. The number of hydrogen-bond acceptors (Lipinski definition) is 5. The molecule has 23 heavy (non-hydrogen) atoms. The van der Waals surface area contributed by atoms with Crippen LogP contribution in [0.4, 0.5) is 17.2 Å². The summed E-state index contributed by atoms with van der Waals surface area (Å²) in [7, 11) is 0. The van der Waals surface area contributed by atoms with Crippen molar-refractivity contribution in [2.75, 3.05) is 17.4 Å². The smallest absolute Gasteiger partial charge is 0.231 e. The van der Waals surface area contributed by atoms with E-state index in [1.54, 1.807) is 12.3 Å². The number of anilines is 3. The topological polar surface area (TPSA) is 72.5 Å². The minimum Gasteiger partial charge on any atom is -0.454 e. The Kier molecular flexibility index (Phi) is 4.61. The van der Waals surface area contributed by atoms with Crippen molar-refractivity contribution in [3.05, 3.63) is 36.5 Å². The number of carbonyl (C=O) groups is 1. The average Bonchev–Trinajstić information content (AvgIpc) is 3.02. The number of unbranched alkanes of at least 4 members (excludes halogenated alkanes) is 1. The lowest BCUT2D eigenvalue weighted by molar-refractivity contribution is -0.116. The van der Waals surface area contributed by atoms with Crippen LogP contribution in [-0.4, -0.2) is 17.7 Å². The second kappa shape index (κ2) is 7.00. The van der Waals surface area contributed by atoms with Crippen LogP contribution in [0.25, 0.3) is 0 Å². The van der Waals surface area contributed by atoms with Crippen LogP contribution in [0, 0.1) is 0 Å². The van der Waals surface area contributed by atoms with E-state index in [2.05, 4.69) is 22.5 Å². The monoisotopic (exact) mass is 313 g/mol. The van der Waals surface area contributed by atoms with Gasteiger partial charge in [0.25, 0.3) is 0 Å². The molecule has 0 saturated carbocycles. The van der Waals surface area contributed by atoms with Crippen molar-refractivity contribution in [3.63, 3.8) is 0 Å². The van der Waals surface area contributed by atoms with Crippen molar-refractivity contribution in [3.8, 4) is 11.5 Å². The van der Waals surface area contributed by atoms with Gasteiger partial charge in [-0.2, -0.15) is 0 Å². The maximum absolute atomic E-state index is 11.7. The molecule has 0 bridgehead atoms. The number of rotatable bonds is 6. The second-order valence-corrected chi connectivity index (χ2v) is 5.28. The third-order valence-corrected chi connectivity index (χ3v) is 3.45. The Morgan fingerprint density at radius 2 is 2.00 bits per heavy atom. The van der Waals surface area contributed by atoms with E-state index in [4.69, 9.17) is 9.47 Å². The van der Waals surface area contributed by atoms with Gasteiger partial charge in [0.05, 0.1) is 11.9 Å². The van der Waals surface area contributed by atoms with Crippen LogP contribution in [0.1, 0.15) is 26.2 Å². The number of fused-ring (bicyclic) bond motifs is 1. The minimum atomic E-state index is -0.00386. The van der Waals surface area contributed by atoms with E-state index >= 15 is 0 Å². The van der Waals surface area contributed by atoms with E-state index in [-0.39, 0.29) is 12.7 Å². The largest absolute Gasteiger partial charge is 0.454 e. The molecule has 2 N–H and O–H groups in total. The SMILES string of the molecule is CCCCC(=O)Nc1ccc(Nc2ccc3c(c2)OCO3)cn1. The summed E-state index contributed by atoms with van der Waals surface area (Å²) in [5, 5.41) is 6.03. The van der Waals surface area contributed by atoms with Gasteiger partial charge in [0.2, 0.25) is 12.7 Å². The summed E-state index contributed by atoms with van der Waals surface area (Å²) < 4.78 is 10.6. The lowest BCUT2D eigenvalue weighted by Crippen LogP contribution is -2.12. The van der Waals surface area contributed by atoms with Gasteiger partial charge in [0, 0.05) is 18.2 Å². The van der Waals surface area contributed by atoms with Gasteiger partial charge in [0.15, 0.2) is 11.5 Å². The predicted molar refractivity (Wildman–Crippen MR) is 88.2 cm³/mol. The van der Waals surface area contributed by atoms with Crippen molar-refractivity contribution < 1.29 is 14.3 Å². The molecule has 0 atom stereocenters. The summed E-state index contributed by atoms with van der Waals surface area (Å²) in [6.07, 6.45) is 4.09. The Balaban J connectivity index is 1.60. The fraction of sp³-hybridized carbons (Fsp3) is 0.294. The summed E-state index contributed by atoms with van der Waals surface area (Å²) in [5.41, 5.74) is 1.71. The summed E-state index contributed by atoms with van der Waals surface area (Å²) in [6, 6.07) is 9.29. The molecule has 6 heteroatoms. The quantitative estimate of drug-likeness (QED) is 0.851. The minimum absolute atomic E-state index is 0.00386. The first-order valence-electron chi connectivity index (χ1n) is 7.67. The van der Waals surface area contributed by atoms with Crippen molar-refractivity contribution in [2.45, 2.75) is 26.2 Å². The molecule has 6 nitrogen and oxygen atoms in total. The van der Waals surface area contributed by atoms with E-state index in [0.717, 1.165) is 35.7 Å². The van der Waals surface area contributed by atoms with Gasteiger partial charge in [-0.3, -0.25) is 4.79 Å². The third-order valence-electron chi connectivity index (χ3n) is 3.45. The molecule has 0 radical (unpaired) electrons. The number of aromatic nitrogens is 1. The molecule has 2 aromatic rings. The average molecular weight is 313 g/mol. The highest BCUT2D eigenvalue weighted by molar-refractivity contribution is 5.89. The molecule has 0 unspecified atom stereocenters. The zero-order chi connectivity index (χ0) is 16.1. The van der Waals surface area contributed by atoms with Gasteiger partial charge in [-0.25, -0.2) is 4.98 Å².